The first-order valence-electron chi connectivity index (χ1n) is 5.66. The maximum absolute atomic E-state index is 11.7. The van der Waals surface area contributed by atoms with Gasteiger partial charge in [0.05, 0.1) is 12.2 Å². The number of carbonyl (C=O) groups excluding carboxylic acids is 1. The van der Waals surface area contributed by atoms with Crippen LogP contribution in [0.1, 0.15) is 17.3 Å². The molecule has 1 aromatic rings. The van der Waals surface area contributed by atoms with E-state index in [-0.39, 0.29) is 24.1 Å². The fourth-order valence-electron chi connectivity index (χ4n) is 1.55. The van der Waals surface area contributed by atoms with Crippen molar-refractivity contribution in [3.05, 3.63) is 34.2 Å². The number of carboxylic acids is 1. The van der Waals surface area contributed by atoms with Crippen LogP contribution in [0, 0.1) is 0 Å². The molecule has 0 aliphatic carbocycles. The van der Waals surface area contributed by atoms with Gasteiger partial charge in [-0.1, -0.05) is 0 Å². The topological polar surface area (TPSA) is 97.6 Å². The third-order valence-corrected chi connectivity index (χ3v) is 2.37. The van der Waals surface area contributed by atoms with E-state index in [9.17, 15) is 14.4 Å². The lowest BCUT2D eigenvalue weighted by Gasteiger charge is -2.13. The Hall–Kier alpha value is -2.15. The van der Waals surface area contributed by atoms with Crippen molar-refractivity contribution in [2.75, 3.05) is 13.7 Å². The first-order chi connectivity index (χ1) is 8.93. The van der Waals surface area contributed by atoms with Gasteiger partial charge >= 0.3 is 5.97 Å². The van der Waals surface area contributed by atoms with Gasteiger partial charge in [0, 0.05) is 25.4 Å². The normalized spacial score (nSPS) is 11.9. The standard InChI is InChI=1S/C12H16N2O5/c1-8(7-19-2)13-10(15)6-14-5-9(12(17)18)3-4-11(14)16/h3-5,8H,6-7H2,1-2H3,(H,13,15)(H,17,18). The quantitative estimate of drug-likeness (QED) is 0.738. The van der Waals surface area contributed by atoms with E-state index in [1.165, 1.54) is 13.2 Å². The van der Waals surface area contributed by atoms with Gasteiger partial charge in [0.2, 0.25) is 5.91 Å². The number of aromatic nitrogens is 1. The Morgan fingerprint density at radius 3 is 2.74 bits per heavy atom. The van der Waals surface area contributed by atoms with Gasteiger partial charge in [-0.2, -0.15) is 0 Å². The predicted octanol–water partition coefficient (Wildman–Crippen LogP) is -0.302. The van der Waals surface area contributed by atoms with Crippen molar-refractivity contribution in [1.82, 2.24) is 9.88 Å². The second-order valence-corrected chi connectivity index (χ2v) is 4.11. The molecule has 1 atom stereocenters. The lowest BCUT2D eigenvalue weighted by atomic mass is 10.3. The highest BCUT2D eigenvalue weighted by molar-refractivity contribution is 5.87. The van der Waals surface area contributed by atoms with Crippen molar-refractivity contribution in [1.29, 1.82) is 0 Å². The summed E-state index contributed by atoms with van der Waals surface area (Å²) in [6.07, 6.45) is 1.14. The van der Waals surface area contributed by atoms with Crippen molar-refractivity contribution >= 4 is 11.9 Å². The van der Waals surface area contributed by atoms with Crippen LogP contribution >= 0.6 is 0 Å². The van der Waals surface area contributed by atoms with Gasteiger partial charge in [-0.05, 0) is 13.0 Å². The molecule has 0 saturated heterocycles. The molecule has 104 valence electrons. The highest BCUT2D eigenvalue weighted by atomic mass is 16.5. The largest absolute Gasteiger partial charge is 0.478 e. The van der Waals surface area contributed by atoms with Crippen LogP contribution in [-0.2, 0) is 16.1 Å². The van der Waals surface area contributed by atoms with Gasteiger partial charge in [0.1, 0.15) is 6.54 Å². The van der Waals surface area contributed by atoms with Crippen LogP contribution in [0.5, 0.6) is 0 Å². The molecule has 0 aliphatic rings. The zero-order chi connectivity index (χ0) is 14.4. The molecule has 1 heterocycles. The summed E-state index contributed by atoms with van der Waals surface area (Å²) >= 11 is 0. The molecule has 0 fully saturated rings. The first kappa shape index (κ1) is 14.9. The molecule has 7 nitrogen and oxygen atoms in total. The summed E-state index contributed by atoms with van der Waals surface area (Å²) in [5, 5.41) is 11.5. The van der Waals surface area contributed by atoms with Crippen LogP contribution in [0.15, 0.2) is 23.1 Å². The van der Waals surface area contributed by atoms with E-state index in [1.807, 2.05) is 0 Å². The molecule has 1 rings (SSSR count). The SMILES string of the molecule is COCC(C)NC(=O)Cn1cc(C(=O)O)ccc1=O. The van der Waals surface area contributed by atoms with E-state index in [2.05, 4.69) is 5.32 Å². The van der Waals surface area contributed by atoms with E-state index < -0.39 is 11.5 Å². The zero-order valence-electron chi connectivity index (χ0n) is 10.8. The Labute approximate surface area is 109 Å². The number of carbonyl (C=O) groups is 2. The van der Waals surface area contributed by atoms with Crippen molar-refractivity contribution in [3.63, 3.8) is 0 Å². The lowest BCUT2D eigenvalue weighted by Crippen LogP contribution is -2.39. The molecule has 0 spiro atoms. The smallest absolute Gasteiger partial charge is 0.337 e. The number of amides is 1. The summed E-state index contributed by atoms with van der Waals surface area (Å²) in [6, 6.07) is 2.14. The van der Waals surface area contributed by atoms with Crippen LogP contribution in [0.25, 0.3) is 0 Å². The summed E-state index contributed by atoms with van der Waals surface area (Å²) in [4.78, 5) is 33.9. The number of nitrogens with zero attached hydrogens (tertiary/aromatic N) is 1. The van der Waals surface area contributed by atoms with E-state index in [4.69, 9.17) is 9.84 Å². The molecule has 1 amide bonds. The molecule has 0 aliphatic heterocycles. The van der Waals surface area contributed by atoms with E-state index >= 15 is 0 Å². The van der Waals surface area contributed by atoms with Gasteiger partial charge in [-0.3, -0.25) is 9.59 Å². The Kier molecular flexibility index (Phi) is 5.25. The second-order valence-electron chi connectivity index (χ2n) is 4.11. The summed E-state index contributed by atoms with van der Waals surface area (Å²) in [7, 11) is 1.52. The highest BCUT2D eigenvalue weighted by Gasteiger charge is 2.10. The molecule has 1 aromatic heterocycles. The minimum absolute atomic E-state index is 0.0441. The lowest BCUT2D eigenvalue weighted by molar-refractivity contribution is -0.122. The Balaban J connectivity index is 2.76. The Bertz CT molecular complexity index is 523. The summed E-state index contributed by atoms with van der Waals surface area (Å²) in [5.74, 6) is -1.53. The molecule has 0 bridgehead atoms. The molecule has 0 saturated carbocycles. The van der Waals surface area contributed by atoms with Crippen LogP contribution in [0.3, 0.4) is 0 Å². The third kappa shape index (κ3) is 4.55. The molecule has 1 unspecified atom stereocenters. The molecule has 2 N–H and O–H groups in total. The Morgan fingerprint density at radius 2 is 2.16 bits per heavy atom. The fourth-order valence-corrected chi connectivity index (χ4v) is 1.55. The number of aromatic carboxylic acids is 1. The number of pyridine rings is 1. The number of methoxy groups -OCH3 is 1. The number of ether oxygens (including phenoxy) is 1. The van der Waals surface area contributed by atoms with Crippen LogP contribution in [-0.4, -0.2) is 41.3 Å². The van der Waals surface area contributed by atoms with E-state index in [0.29, 0.717) is 6.61 Å². The van der Waals surface area contributed by atoms with Crippen molar-refractivity contribution in [3.8, 4) is 0 Å². The Morgan fingerprint density at radius 1 is 1.47 bits per heavy atom. The van der Waals surface area contributed by atoms with Gasteiger partial charge in [0.25, 0.3) is 5.56 Å². The van der Waals surface area contributed by atoms with Gasteiger partial charge in [-0.25, -0.2) is 4.79 Å². The average molecular weight is 268 g/mol. The average Bonchev–Trinajstić information content (AvgIpc) is 2.31. The molecule has 0 radical (unpaired) electrons. The van der Waals surface area contributed by atoms with Gasteiger partial charge in [-0.15, -0.1) is 0 Å². The highest BCUT2D eigenvalue weighted by Crippen LogP contribution is 1.96. The number of hydrogen-bond acceptors (Lipinski definition) is 4. The second kappa shape index (κ2) is 6.69. The summed E-state index contributed by atoms with van der Waals surface area (Å²) < 4.78 is 5.92. The number of nitrogens with one attached hydrogen (secondary N) is 1. The number of hydrogen-bond donors (Lipinski definition) is 2. The van der Waals surface area contributed by atoms with Crippen LogP contribution < -0.4 is 10.9 Å². The van der Waals surface area contributed by atoms with Crippen LogP contribution in [0.4, 0.5) is 0 Å². The molecule has 7 heteroatoms. The molecular weight excluding hydrogens is 252 g/mol. The van der Waals surface area contributed by atoms with Crippen molar-refractivity contribution < 1.29 is 19.4 Å². The number of rotatable bonds is 6. The zero-order valence-corrected chi connectivity index (χ0v) is 10.8. The summed E-state index contributed by atoms with van der Waals surface area (Å²) in [6.45, 7) is 1.89. The van der Waals surface area contributed by atoms with Gasteiger partial charge in [0.15, 0.2) is 0 Å². The van der Waals surface area contributed by atoms with Crippen molar-refractivity contribution in [2.24, 2.45) is 0 Å². The monoisotopic (exact) mass is 268 g/mol. The molecule has 0 aromatic carbocycles. The summed E-state index contributed by atoms with van der Waals surface area (Å²) in [5.41, 5.74) is -0.475. The molecular formula is C12H16N2O5. The maximum Gasteiger partial charge on any atom is 0.337 e. The fraction of sp³-hybridized carbons (Fsp3) is 0.417. The minimum atomic E-state index is -1.15. The van der Waals surface area contributed by atoms with Crippen molar-refractivity contribution in [2.45, 2.75) is 19.5 Å². The van der Waals surface area contributed by atoms with E-state index in [1.54, 1.807) is 6.92 Å². The van der Waals surface area contributed by atoms with Gasteiger partial charge < -0.3 is 19.7 Å². The predicted molar refractivity (Wildman–Crippen MR) is 67.1 cm³/mol. The third-order valence-electron chi connectivity index (χ3n) is 2.37. The maximum atomic E-state index is 11.7. The first-order valence-corrected chi connectivity index (χ1v) is 5.66. The van der Waals surface area contributed by atoms with Crippen LogP contribution in [0.2, 0.25) is 0 Å². The molecule has 19 heavy (non-hydrogen) atoms. The number of carboxylic acid groups (broad SMARTS) is 1. The minimum Gasteiger partial charge on any atom is -0.478 e. The van der Waals surface area contributed by atoms with E-state index in [0.717, 1.165) is 16.8 Å².